The van der Waals surface area contributed by atoms with Gasteiger partial charge in [0.25, 0.3) is 0 Å². The first-order valence-electron chi connectivity index (χ1n) is 5.38. The summed E-state index contributed by atoms with van der Waals surface area (Å²) in [5.41, 5.74) is 7.21. The van der Waals surface area contributed by atoms with E-state index in [1.807, 2.05) is 12.3 Å². The Morgan fingerprint density at radius 1 is 1.50 bits per heavy atom. The van der Waals surface area contributed by atoms with E-state index in [1.54, 1.807) is 6.07 Å². The van der Waals surface area contributed by atoms with E-state index in [0.29, 0.717) is 18.0 Å². The number of rotatable bonds is 4. The fourth-order valence-electron chi connectivity index (χ4n) is 1.54. The number of methoxy groups -OCH3 is 1. The van der Waals surface area contributed by atoms with Crippen molar-refractivity contribution in [2.45, 2.75) is 13.5 Å². The first-order chi connectivity index (χ1) is 8.60. The van der Waals surface area contributed by atoms with Crippen molar-refractivity contribution in [1.29, 1.82) is 0 Å². The maximum absolute atomic E-state index is 13.7. The normalized spacial score (nSPS) is 10.4. The fraction of sp³-hybridized carbons (Fsp3) is 0.250. The molecule has 4 nitrogen and oxygen atoms in total. The molecule has 0 aliphatic heterocycles. The Bertz CT molecular complexity index is 556. The Morgan fingerprint density at radius 3 is 2.89 bits per heavy atom. The third-order valence-corrected chi connectivity index (χ3v) is 3.38. The molecule has 18 heavy (non-hydrogen) atoms. The number of benzene rings is 1. The van der Waals surface area contributed by atoms with E-state index in [9.17, 15) is 4.39 Å². The molecule has 0 aliphatic rings. The number of thiazole rings is 1. The van der Waals surface area contributed by atoms with Gasteiger partial charge >= 0.3 is 0 Å². The third kappa shape index (κ3) is 2.70. The van der Waals surface area contributed by atoms with Crippen LogP contribution in [0.3, 0.4) is 0 Å². The lowest BCUT2D eigenvalue weighted by atomic mass is 10.2. The molecule has 0 radical (unpaired) electrons. The van der Waals surface area contributed by atoms with Gasteiger partial charge in [0.05, 0.1) is 25.0 Å². The minimum Gasteiger partial charge on any atom is -0.495 e. The van der Waals surface area contributed by atoms with Crippen molar-refractivity contribution in [1.82, 2.24) is 4.98 Å². The van der Waals surface area contributed by atoms with Gasteiger partial charge in [-0.1, -0.05) is 0 Å². The molecule has 0 spiro atoms. The second-order valence-electron chi connectivity index (χ2n) is 3.81. The lowest BCUT2D eigenvalue weighted by Crippen LogP contribution is -2.03. The van der Waals surface area contributed by atoms with Crippen LogP contribution < -0.4 is 15.8 Å². The van der Waals surface area contributed by atoms with Crippen LogP contribution in [0.25, 0.3) is 0 Å². The number of nitrogens with zero attached hydrogens (tertiary/aromatic N) is 1. The number of nitrogens with one attached hydrogen (secondary N) is 1. The zero-order valence-electron chi connectivity index (χ0n) is 10.2. The van der Waals surface area contributed by atoms with Gasteiger partial charge in [0.15, 0.2) is 0 Å². The Kier molecular flexibility index (Phi) is 3.66. The summed E-state index contributed by atoms with van der Waals surface area (Å²) in [5.74, 6) is 0.0517. The standard InChI is InChI=1S/C12H14FN3OS/c1-7-6-18-12(16-7)5-15-10-4-11(17-2)9(14)3-8(10)13/h3-4,6,15H,5,14H2,1-2H3. The van der Waals surface area contributed by atoms with Crippen LogP contribution in [0.2, 0.25) is 0 Å². The summed E-state index contributed by atoms with van der Waals surface area (Å²) in [5, 5.41) is 5.84. The minimum absolute atomic E-state index is 0.283. The first-order valence-corrected chi connectivity index (χ1v) is 6.26. The topological polar surface area (TPSA) is 60.2 Å². The lowest BCUT2D eigenvalue weighted by molar-refractivity contribution is 0.416. The van der Waals surface area contributed by atoms with Crippen LogP contribution in [0.4, 0.5) is 15.8 Å². The molecule has 0 saturated heterocycles. The molecule has 0 amide bonds. The van der Waals surface area contributed by atoms with E-state index >= 15 is 0 Å². The molecule has 1 aromatic heterocycles. The van der Waals surface area contributed by atoms with Gasteiger partial charge in [-0.2, -0.15) is 0 Å². The summed E-state index contributed by atoms with van der Waals surface area (Å²) in [4.78, 5) is 4.29. The van der Waals surface area contributed by atoms with Gasteiger partial charge < -0.3 is 15.8 Å². The highest BCUT2D eigenvalue weighted by molar-refractivity contribution is 7.09. The highest BCUT2D eigenvalue weighted by Gasteiger charge is 2.08. The smallest absolute Gasteiger partial charge is 0.148 e. The molecule has 0 saturated carbocycles. The number of anilines is 2. The first kappa shape index (κ1) is 12.6. The number of ether oxygens (including phenoxy) is 1. The molecule has 2 aromatic rings. The number of halogens is 1. The average Bonchev–Trinajstić information content (AvgIpc) is 2.74. The second-order valence-corrected chi connectivity index (χ2v) is 4.75. The molecular weight excluding hydrogens is 253 g/mol. The zero-order valence-corrected chi connectivity index (χ0v) is 11.0. The van der Waals surface area contributed by atoms with Crippen LogP contribution in [0.15, 0.2) is 17.5 Å². The van der Waals surface area contributed by atoms with Crippen molar-refractivity contribution < 1.29 is 9.13 Å². The van der Waals surface area contributed by atoms with Gasteiger partial charge in [0, 0.05) is 23.2 Å². The summed E-state index contributed by atoms with van der Waals surface area (Å²) in [6.45, 7) is 2.40. The molecule has 96 valence electrons. The van der Waals surface area contributed by atoms with E-state index in [-0.39, 0.29) is 5.69 Å². The van der Waals surface area contributed by atoms with Crippen molar-refractivity contribution in [2.24, 2.45) is 0 Å². The van der Waals surface area contributed by atoms with Crippen molar-refractivity contribution >= 4 is 22.7 Å². The third-order valence-electron chi connectivity index (χ3n) is 2.42. The number of hydrogen-bond donors (Lipinski definition) is 2. The van der Waals surface area contributed by atoms with Crippen LogP contribution >= 0.6 is 11.3 Å². The van der Waals surface area contributed by atoms with Crippen LogP contribution in [-0.4, -0.2) is 12.1 Å². The monoisotopic (exact) mass is 267 g/mol. The van der Waals surface area contributed by atoms with E-state index in [4.69, 9.17) is 10.5 Å². The summed E-state index contributed by atoms with van der Waals surface area (Å²) in [7, 11) is 1.50. The highest BCUT2D eigenvalue weighted by atomic mass is 32.1. The fourth-order valence-corrected chi connectivity index (χ4v) is 2.25. The quantitative estimate of drug-likeness (QED) is 0.836. The molecule has 0 bridgehead atoms. The molecule has 1 heterocycles. The number of nitrogen functional groups attached to an aromatic ring is 1. The zero-order chi connectivity index (χ0) is 13.1. The summed E-state index contributed by atoms with van der Waals surface area (Å²) in [6, 6.07) is 2.79. The highest BCUT2D eigenvalue weighted by Crippen LogP contribution is 2.28. The molecule has 0 aliphatic carbocycles. The van der Waals surface area contributed by atoms with Crippen LogP contribution in [0.1, 0.15) is 10.7 Å². The Balaban J connectivity index is 2.13. The van der Waals surface area contributed by atoms with E-state index in [2.05, 4.69) is 10.3 Å². The predicted octanol–water partition coefficient (Wildman–Crippen LogP) is 2.79. The minimum atomic E-state index is -0.401. The van der Waals surface area contributed by atoms with E-state index in [0.717, 1.165) is 10.7 Å². The Hall–Kier alpha value is -1.82. The van der Waals surface area contributed by atoms with Crippen molar-refractivity contribution in [2.75, 3.05) is 18.2 Å². The number of aromatic nitrogens is 1. The predicted molar refractivity (Wildman–Crippen MR) is 71.5 cm³/mol. The molecule has 1 aromatic carbocycles. The van der Waals surface area contributed by atoms with Gasteiger partial charge in [-0.05, 0) is 6.92 Å². The maximum atomic E-state index is 13.7. The van der Waals surface area contributed by atoms with Gasteiger partial charge in [0.2, 0.25) is 0 Å². The number of nitrogens with two attached hydrogens (primary N) is 1. The number of aryl methyl sites for hydroxylation is 1. The molecule has 0 atom stereocenters. The lowest BCUT2D eigenvalue weighted by Gasteiger charge is -2.10. The summed E-state index contributed by atoms with van der Waals surface area (Å²) in [6.07, 6.45) is 0. The van der Waals surface area contributed by atoms with Crippen molar-refractivity contribution in [3.63, 3.8) is 0 Å². The summed E-state index contributed by atoms with van der Waals surface area (Å²) >= 11 is 1.54. The maximum Gasteiger partial charge on any atom is 0.148 e. The van der Waals surface area contributed by atoms with Crippen molar-refractivity contribution in [3.8, 4) is 5.75 Å². The SMILES string of the molecule is COc1cc(NCc2nc(C)cs2)c(F)cc1N. The van der Waals surface area contributed by atoms with Gasteiger partial charge in [0.1, 0.15) is 16.6 Å². The molecule has 2 rings (SSSR count). The largest absolute Gasteiger partial charge is 0.495 e. The van der Waals surface area contributed by atoms with E-state index < -0.39 is 5.82 Å². The van der Waals surface area contributed by atoms with Crippen LogP contribution in [-0.2, 0) is 6.54 Å². The molecule has 0 unspecified atom stereocenters. The van der Waals surface area contributed by atoms with Gasteiger partial charge in [-0.25, -0.2) is 9.37 Å². The van der Waals surface area contributed by atoms with Gasteiger partial charge in [-0.15, -0.1) is 11.3 Å². The van der Waals surface area contributed by atoms with Crippen molar-refractivity contribution in [3.05, 3.63) is 34.0 Å². The molecule has 0 fully saturated rings. The molecule has 6 heteroatoms. The van der Waals surface area contributed by atoms with Crippen LogP contribution in [0.5, 0.6) is 5.75 Å². The summed E-state index contributed by atoms with van der Waals surface area (Å²) < 4.78 is 18.7. The molecule has 3 N–H and O–H groups in total. The average molecular weight is 267 g/mol. The number of hydrogen-bond acceptors (Lipinski definition) is 5. The Labute approximate surface area is 109 Å². The van der Waals surface area contributed by atoms with Gasteiger partial charge in [-0.3, -0.25) is 0 Å². The van der Waals surface area contributed by atoms with Crippen LogP contribution in [0, 0.1) is 12.7 Å². The second kappa shape index (κ2) is 5.22. The molecular formula is C12H14FN3OS. The van der Waals surface area contributed by atoms with E-state index in [1.165, 1.54) is 24.5 Å². The Morgan fingerprint density at radius 2 is 2.28 bits per heavy atom.